The highest BCUT2D eigenvalue weighted by Crippen LogP contribution is 2.19. The standard InChI is InChI=1S/C22H20FN3O4S/c1-2-12-26-31(28,29)20-5-3-4-17(13-20)22(27)25-15-16-6-11-21(24-14-16)30-19-9-7-18(23)8-10-19/h2-11,13-14,26H,1,12,15H2,(H,25,27). The van der Waals surface area contributed by atoms with E-state index >= 15 is 0 Å². The molecule has 3 rings (SSSR count). The molecule has 2 aromatic carbocycles. The van der Waals surface area contributed by atoms with Crippen LogP contribution in [0.2, 0.25) is 0 Å². The molecule has 0 saturated carbocycles. The van der Waals surface area contributed by atoms with Crippen LogP contribution in [0.3, 0.4) is 0 Å². The van der Waals surface area contributed by atoms with E-state index in [0.29, 0.717) is 11.6 Å². The topological polar surface area (TPSA) is 97.4 Å². The maximum Gasteiger partial charge on any atom is 0.251 e. The third kappa shape index (κ3) is 6.21. The van der Waals surface area contributed by atoms with Gasteiger partial charge in [-0.25, -0.2) is 22.5 Å². The maximum atomic E-state index is 12.9. The Hall–Kier alpha value is -3.56. The smallest absolute Gasteiger partial charge is 0.251 e. The lowest BCUT2D eigenvalue weighted by atomic mass is 10.2. The Labute approximate surface area is 179 Å². The SMILES string of the molecule is C=CCNS(=O)(=O)c1cccc(C(=O)NCc2ccc(Oc3ccc(F)cc3)nc2)c1. The second-order valence-electron chi connectivity index (χ2n) is 6.41. The van der Waals surface area contributed by atoms with Crippen molar-refractivity contribution in [2.45, 2.75) is 11.4 Å². The van der Waals surface area contributed by atoms with Crippen LogP contribution >= 0.6 is 0 Å². The van der Waals surface area contributed by atoms with Crippen molar-refractivity contribution in [2.24, 2.45) is 0 Å². The molecule has 31 heavy (non-hydrogen) atoms. The summed E-state index contributed by atoms with van der Waals surface area (Å²) < 4.78 is 45.2. The molecule has 0 spiro atoms. The number of hydrogen-bond acceptors (Lipinski definition) is 5. The average Bonchev–Trinajstić information content (AvgIpc) is 2.78. The number of halogens is 1. The van der Waals surface area contributed by atoms with Crippen molar-refractivity contribution in [1.29, 1.82) is 0 Å². The van der Waals surface area contributed by atoms with E-state index < -0.39 is 15.9 Å². The van der Waals surface area contributed by atoms with Crippen molar-refractivity contribution >= 4 is 15.9 Å². The van der Waals surface area contributed by atoms with Gasteiger partial charge >= 0.3 is 0 Å². The van der Waals surface area contributed by atoms with Crippen LogP contribution < -0.4 is 14.8 Å². The summed E-state index contributed by atoms with van der Waals surface area (Å²) in [5.41, 5.74) is 0.932. The fourth-order valence-corrected chi connectivity index (χ4v) is 3.58. The third-order valence-corrected chi connectivity index (χ3v) is 5.53. The number of hydrogen-bond donors (Lipinski definition) is 2. The Balaban J connectivity index is 1.60. The number of pyridine rings is 1. The van der Waals surface area contributed by atoms with Crippen molar-refractivity contribution in [3.05, 3.63) is 96.5 Å². The number of benzene rings is 2. The molecule has 0 unspecified atom stereocenters. The monoisotopic (exact) mass is 441 g/mol. The molecule has 7 nitrogen and oxygen atoms in total. The van der Waals surface area contributed by atoms with Gasteiger partial charge in [0.05, 0.1) is 4.90 Å². The van der Waals surface area contributed by atoms with Crippen molar-refractivity contribution in [2.75, 3.05) is 6.54 Å². The molecule has 0 bridgehead atoms. The molecular formula is C22H20FN3O4S. The van der Waals surface area contributed by atoms with E-state index in [4.69, 9.17) is 4.74 Å². The van der Waals surface area contributed by atoms with Crippen molar-refractivity contribution in [1.82, 2.24) is 15.0 Å². The van der Waals surface area contributed by atoms with Gasteiger partial charge in [0.25, 0.3) is 5.91 Å². The first-order valence-corrected chi connectivity index (χ1v) is 10.7. The number of aromatic nitrogens is 1. The molecule has 3 aromatic rings. The number of nitrogens with one attached hydrogen (secondary N) is 2. The van der Waals surface area contributed by atoms with Crippen molar-refractivity contribution in [3.8, 4) is 11.6 Å². The number of sulfonamides is 1. The van der Waals surface area contributed by atoms with Crippen LogP contribution in [0.25, 0.3) is 0 Å². The number of rotatable bonds is 9. The van der Waals surface area contributed by atoms with E-state index in [1.165, 1.54) is 54.6 Å². The molecule has 160 valence electrons. The van der Waals surface area contributed by atoms with Gasteiger partial charge in [-0.15, -0.1) is 6.58 Å². The Morgan fingerprint density at radius 1 is 1.13 bits per heavy atom. The van der Waals surface area contributed by atoms with Crippen LogP contribution in [0.15, 0.2) is 84.4 Å². The average molecular weight is 441 g/mol. The summed E-state index contributed by atoms with van der Waals surface area (Å²) in [5.74, 6) is -0.00560. The van der Waals surface area contributed by atoms with E-state index in [0.717, 1.165) is 5.56 Å². The number of ether oxygens (including phenoxy) is 1. The lowest BCUT2D eigenvalue weighted by Gasteiger charge is -2.09. The van der Waals surface area contributed by atoms with Gasteiger partial charge in [-0.2, -0.15) is 0 Å². The second kappa shape index (κ2) is 9.96. The predicted octanol–water partition coefficient (Wildman–Crippen LogP) is 3.41. The van der Waals surface area contributed by atoms with Gasteiger partial charge in [0.1, 0.15) is 11.6 Å². The molecule has 1 heterocycles. The van der Waals surface area contributed by atoms with Gasteiger partial charge in [0, 0.05) is 30.9 Å². The lowest BCUT2D eigenvalue weighted by molar-refractivity contribution is 0.0950. The first-order chi connectivity index (χ1) is 14.9. The zero-order valence-corrected chi connectivity index (χ0v) is 17.2. The lowest BCUT2D eigenvalue weighted by Crippen LogP contribution is -2.25. The van der Waals surface area contributed by atoms with Crippen LogP contribution in [-0.4, -0.2) is 25.9 Å². The van der Waals surface area contributed by atoms with Crippen molar-refractivity contribution in [3.63, 3.8) is 0 Å². The first-order valence-electron chi connectivity index (χ1n) is 9.24. The van der Waals surface area contributed by atoms with Crippen LogP contribution in [-0.2, 0) is 16.6 Å². The maximum absolute atomic E-state index is 12.9. The summed E-state index contributed by atoms with van der Waals surface area (Å²) in [6.07, 6.45) is 2.97. The fraction of sp³-hybridized carbons (Fsp3) is 0.0909. The normalized spacial score (nSPS) is 11.0. The van der Waals surface area contributed by atoms with E-state index in [1.807, 2.05) is 0 Å². The molecule has 2 N–H and O–H groups in total. The molecule has 0 aliphatic heterocycles. The van der Waals surface area contributed by atoms with Gasteiger partial charge in [-0.1, -0.05) is 18.2 Å². The second-order valence-corrected chi connectivity index (χ2v) is 8.18. The van der Waals surface area contributed by atoms with Crippen LogP contribution in [0.1, 0.15) is 15.9 Å². The van der Waals surface area contributed by atoms with E-state index in [2.05, 4.69) is 21.6 Å². The number of carbonyl (C=O) groups excluding carboxylic acids is 1. The zero-order chi connectivity index (χ0) is 22.3. The summed E-state index contributed by atoms with van der Waals surface area (Å²) in [7, 11) is -3.72. The molecular weight excluding hydrogens is 421 g/mol. The molecule has 1 amide bonds. The molecule has 9 heteroatoms. The van der Waals surface area contributed by atoms with Gasteiger partial charge in [0.2, 0.25) is 15.9 Å². The molecule has 0 radical (unpaired) electrons. The van der Waals surface area contributed by atoms with Crippen LogP contribution in [0.4, 0.5) is 4.39 Å². The fourth-order valence-electron chi connectivity index (χ4n) is 2.54. The van der Waals surface area contributed by atoms with E-state index in [-0.39, 0.29) is 29.4 Å². The zero-order valence-electron chi connectivity index (χ0n) is 16.4. The predicted molar refractivity (Wildman–Crippen MR) is 114 cm³/mol. The summed E-state index contributed by atoms with van der Waals surface area (Å²) >= 11 is 0. The molecule has 0 saturated heterocycles. The minimum absolute atomic E-state index is 0.00837. The quantitative estimate of drug-likeness (QED) is 0.496. The highest BCUT2D eigenvalue weighted by molar-refractivity contribution is 7.89. The first kappa shape index (κ1) is 22.1. The highest BCUT2D eigenvalue weighted by atomic mass is 32.2. The Kier molecular flexibility index (Phi) is 7.11. The van der Waals surface area contributed by atoms with Crippen LogP contribution in [0.5, 0.6) is 11.6 Å². The van der Waals surface area contributed by atoms with E-state index in [1.54, 1.807) is 18.3 Å². The molecule has 0 fully saturated rings. The number of carbonyl (C=O) groups is 1. The van der Waals surface area contributed by atoms with E-state index in [9.17, 15) is 17.6 Å². The van der Waals surface area contributed by atoms with Crippen LogP contribution in [0, 0.1) is 5.82 Å². The number of amides is 1. The summed E-state index contributed by atoms with van der Waals surface area (Å²) in [6, 6.07) is 14.7. The largest absolute Gasteiger partial charge is 0.439 e. The van der Waals surface area contributed by atoms with Gasteiger partial charge in [0.15, 0.2) is 0 Å². The van der Waals surface area contributed by atoms with Gasteiger partial charge in [-0.3, -0.25) is 4.79 Å². The third-order valence-electron chi connectivity index (χ3n) is 4.11. The van der Waals surface area contributed by atoms with Crippen molar-refractivity contribution < 1.29 is 22.3 Å². The molecule has 1 aromatic heterocycles. The minimum atomic E-state index is -3.72. The molecule has 0 aliphatic carbocycles. The minimum Gasteiger partial charge on any atom is -0.439 e. The number of nitrogens with zero attached hydrogens (tertiary/aromatic N) is 1. The Bertz CT molecular complexity index is 1160. The summed E-state index contributed by atoms with van der Waals surface area (Å²) in [4.78, 5) is 16.6. The Morgan fingerprint density at radius 3 is 2.58 bits per heavy atom. The van der Waals surface area contributed by atoms with Gasteiger partial charge in [-0.05, 0) is 48.0 Å². The highest BCUT2D eigenvalue weighted by Gasteiger charge is 2.15. The molecule has 0 atom stereocenters. The summed E-state index contributed by atoms with van der Waals surface area (Å²) in [6.45, 7) is 3.75. The molecule has 0 aliphatic rings. The van der Waals surface area contributed by atoms with Gasteiger partial charge < -0.3 is 10.1 Å². The summed E-state index contributed by atoms with van der Waals surface area (Å²) in [5, 5.41) is 2.72. The Morgan fingerprint density at radius 2 is 1.90 bits per heavy atom.